The van der Waals surface area contributed by atoms with Gasteiger partial charge in [-0.2, -0.15) is 0 Å². The number of hydrogen-bond acceptors (Lipinski definition) is 4. The summed E-state index contributed by atoms with van der Waals surface area (Å²) in [5.41, 5.74) is 5.83. The first-order valence-electron chi connectivity index (χ1n) is 12.8. The second-order valence-corrected chi connectivity index (χ2v) is 11.5. The van der Waals surface area contributed by atoms with Crippen molar-refractivity contribution in [3.63, 3.8) is 0 Å². The molecule has 4 aromatic carbocycles. The van der Waals surface area contributed by atoms with Gasteiger partial charge in [-0.25, -0.2) is 8.42 Å². The number of nitrogens with one attached hydrogen (secondary N) is 1. The molecule has 0 saturated heterocycles. The van der Waals surface area contributed by atoms with Crippen molar-refractivity contribution < 1.29 is 17.9 Å². The first-order chi connectivity index (χ1) is 18.6. The molecule has 39 heavy (non-hydrogen) atoms. The lowest BCUT2D eigenvalue weighted by atomic mass is 9.96. The van der Waals surface area contributed by atoms with Gasteiger partial charge >= 0.3 is 0 Å². The largest absolute Gasteiger partial charge is 0.497 e. The Morgan fingerprint density at radius 3 is 2.13 bits per heavy atom. The van der Waals surface area contributed by atoms with E-state index in [0.717, 1.165) is 22.3 Å². The molecule has 0 spiro atoms. The van der Waals surface area contributed by atoms with Gasteiger partial charge in [-0.3, -0.25) is 9.10 Å². The zero-order valence-corrected chi connectivity index (χ0v) is 23.7. The number of rotatable bonds is 9. The normalized spacial score (nSPS) is 12.0. The van der Waals surface area contributed by atoms with Crippen molar-refractivity contribution in [1.29, 1.82) is 0 Å². The van der Waals surface area contributed by atoms with Gasteiger partial charge in [0.1, 0.15) is 5.75 Å². The molecule has 0 heterocycles. The number of carbonyl (C=O) groups is 1. The fourth-order valence-electron chi connectivity index (χ4n) is 4.61. The van der Waals surface area contributed by atoms with Crippen LogP contribution >= 0.6 is 0 Å². The Morgan fingerprint density at radius 2 is 1.46 bits per heavy atom. The minimum absolute atomic E-state index is 0.0608. The zero-order valence-electron chi connectivity index (χ0n) is 22.9. The maximum absolute atomic E-state index is 14.0. The topological polar surface area (TPSA) is 75.7 Å². The summed E-state index contributed by atoms with van der Waals surface area (Å²) in [6.07, 6.45) is 0. The molecular weight excluding hydrogens is 508 g/mol. The summed E-state index contributed by atoms with van der Waals surface area (Å²) in [6.45, 7) is 8.14. The summed E-state index contributed by atoms with van der Waals surface area (Å²) < 4.78 is 34.5. The molecule has 1 N–H and O–H groups in total. The van der Waals surface area contributed by atoms with Crippen LogP contribution < -0.4 is 14.4 Å². The number of amides is 1. The van der Waals surface area contributed by atoms with Crippen molar-refractivity contribution in [1.82, 2.24) is 5.32 Å². The Morgan fingerprint density at radius 1 is 0.846 bits per heavy atom. The van der Waals surface area contributed by atoms with E-state index in [-0.39, 0.29) is 29.0 Å². The third kappa shape index (κ3) is 6.15. The van der Waals surface area contributed by atoms with Gasteiger partial charge in [-0.1, -0.05) is 54.6 Å². The van der Waals surface area contributed by atoms with Crippen LogP contribution in [-0.4, -0.2) is 21.4 Å². The number of carbonyl (C=O) groups excluding carboxylic acids is 1. The van der Waals surface area contributed by atoms with Crippen LogP contribution in [0.1, 0.15) is 51.1 Å². The van der Waals surface area contributed by atoms with E-state index in [1.54, 1.807) is 36.4 Å². The molecule has 7 heteroatoms. The Hall–Kier alpha value is -4.10. The summed E-state index contributed by atoms with van der Waals surface area (Å²) in [6, 6.07) is 26.3. The molecule has 6 nitrogen and oxygen atoms in total. The van der Waals surface area contributed by atoms with E-state index in [2.05, 4.69) is 24.4 Å². The van der Waals surface area contributed by atoms with Gasteiger partial charge < -0.3 is 10.1 Å². The molecule has 0 aliphatic rings. The summed E-state index contributed by atoms with van der Waals surface area (Å²) in [5.74, 6) is 0.206. The highest BCUT2D eigenvalue weighted by atomic mass is 32.2. The molecule has 4 rings (SSSR count). The number of sulfonamides is 1. The molecule has 0 aliphatic heterocycles. The van der Waals surface area contributed by atoms with Crippen LogP contribution in [-0.2, 0) is 16.6 Å². The number of ether oxygens (including phenoxy) is 1. The van der Waals surface area contributed by atoms with E-state index in [1.165, 1.54) is 29.1 Å². The van der Waals surface area contributed by atoms with E-state index in [9.17, 15) is 13.2 Å². The molecular formula is C32H34N2O4S. The summed E-state index contributed by atoms with van der Waals surface area (Å²) in [7, 11) is -2.51. The summed E-state index contributed by atoms with van der Waals surface area (Å²) in [4.78, 5) is 13.8. The Labute approximate surface area is 231 Å². The molecule has 0 saturated carbocycles. The second-order valence-electron chi connectivity index (χ2n) is 9.68. The third-order valence-corrected chi connectivity index (χ3v) is 8.70. The number of aryl methyl sites for hydroxylation is 3. The van der Waals surface area contributed by atoms with E-state index in [4.69, 9.17) is 4.74 Å². The number of methoxy groups -OCH3 is 1. The zero-order chi connectivity index (χ0) is 28.2. The van der Waals surface area contributed by atoms with Gasteiger partial charge in [0.05, 0.1) is 35.8 Å². The quantitative estimate of drug-likeness (QED) is 0.262. The first-order valence-corrected chi connectivity index (χ1v) is 14.2. The average Bonchev–Trinajstić information content (AvgIpc) is 2.94. The molecule has 202 valence electrons. The summed E-state index contributed by atoms with van der Waals surface area (Å²) in [5, 5.41) is 3.09. The van der Waals surface area contributed by atoms with Crippen molar-refractivity contribution in [3.05, 3.63) is 124 Å². The van der Waals surface area contributed by atoms with E-state index >= 15 is 0 Å². The van der Waals surface area contributed by atoms with Gasteiger partial charge in [-0.15, -0.1) is 0 Å². The van der Waals surface area contributed by atoms with Crippen LogP contribution in [0, 0.1) is 20.8 Å². The molecule has 4 aromatic rings. The third-order valence-electron chi connectivity index (χ3n) is 6.93. The van der Waals surface area contributed by atoms with Crippen molar-refractivity contribution >= 4 is 21.6 Å². The monoisotopic (exact) mass is 542 g/mol. The standard InChI is InChI=1S/C32H34N2O4S/c1-22-19-24(3)30(20-23(22)2)25(4)33-32(35)29-13-9-10-14-31(29)34(21-26-11-7-6-8-12-26)39(36,37)28-17-15-27(38-5)16-18-28/h6-20,25H,21H2,1-5H3,(H,33,35)/t25-/m1/s1. The van der Waals surface area contributed by atoms with Crippen LogP contribution in [0.2, 0.25) is 0 Å². The molecule has 0 unspecified atom stereocenters. The van der Waals surface area contributed by atoms with Gasteiger partial charge in [0.25, 0.3) is 15.9 Å². The van der Waals surface area contributed by atoms with Gasteiger partial charge in [-0.05, 0) is 91.9 Å². The van der Waals surface area contributed by atoms with Gasteiger partial charge in [0.15, 0.2) is 0 Å². The molecule has 1 atom stereocenters. The smallest absolute Gasteiger partial charge is 0.264 e. The van der Waals surface area contributed by atoms with E-state index in [1.807, 2.05) is 51.1 Å². The predicted molar refractivity (Wildman–Crippen MR) is 156 cm³/mol. The lowest BCUT2D eigenvalue weighted by molar-refractivity contribution is 0.0940. The van der Waals surface area contributed by atoms with Crippen LogP contribution in [0.15, 0.2) is 95.9 Å². The number of nitrogens with zero attached hydrogens (tertiary/aromatic N) is 1. The molecule has 0 aliphatic carbocycles. The number of benzene rings is 4. The fraction of sp³-hybridized carbons (Fsp3) is 0.219. The second kappa shape index (κ2) is 11.7. The Kier molecular flexibility index (Phi) is 8.41. The van der Waals surface area contributed by atoms with Crippen molar-refractivity contribution in [2.45, 2.75) is 45.2 Å². The highest BCUT2D eigenvalue weighted by Gasteiger charge is 2.29. The molecule has 1 amide bonds. The maximum atomic E-state index is 14.0. The van der Waals surface area contributed by atoms with Crippen LogP contribution in [0.3, 0.4) is 0 Å². The predicted octanol–water partition coefficient (Wildman–Crippen LogP) is 6.51. The molecule has 0 fully saturated rings. The first kappa shape index (κ1) is 27.9. The number of para-hydroxylation sites is 1. The average molecular weight is 543 g/mol. The van der Waals surface area contributed by atoms with Crippen LogP contribution in [0.5, 0.6) is 5.75 Å². The van der Waals surface area contributed by atoms with Crippen LogP contribution in [0.25, 0.3) is 0 Å². The fourth-order valence-corrected chi connectivity index (χ4v) is 6.08. The highest BCUT2D eigenvalue weighted by molar-refractivity contribution is 7.92. The van der Waals surface area contributed by atoms with Gasteiger partial charge in [0, 0.05) is 0 Å². The maximum Gasteiger partial charge on any atom is 0.264 e. The van der Waals surface area contributed by atoms with Gasteiger partial charge in [0.2, 0.25) is 0 Å². The highest BCUT2D eigenvalue weighted by Crippen LogP contribution is 2.31. The van der Waals surface area contributed by atoms with Crippen LogP contribution in [0.4, 0.5) is 5.69 Å². The molecule has 0 bridgehead atoms. The Bertz CT molecular complexity index is 1570. The summed E-state index contributed by atoms with van der Waals surface area (Å²) >= 11 is 0. The SMILES string of the molecule is COc1ccc(S(=O)(=O)N(Cc2ccccc2)c2ccccc2C(=O)N[C@H](C)c2cc(C)c(C)cc2C)cc1. The van der Waals surface area contributed by atoms with Crippen molar-refractivity contribution in [2.75, 3.05) is 11.4 Å². The number of anilines is 1. The molecule has 0 radical (unpaired) electrons. The lowest BCUT2D eigenvalue weighted by Gasteiger charge is -2.27. The lowest BCUT2D eigenvalue weighted by Crippen LogP contribution is -2.34. The number of hydrogen-bond donors (Lipinski definition) is 1. The van der Waals surface area contributed by atoms with Crippen molar-refractivity contribution in [2.24, 2.45) is 0 Å². The minimum Gasteiger partial charge on any atom is -0.497 e. The minimum atomic E-state index is -4.03. The van der Waals surface area contributed by atoms with Crippen molar-refractivity contribution in [3.8, 4) is 5.75 Å². The Balaban J connectivity index is 1.75. The van der Waals surface area contributed by atoms with E-state index < -0.39 is 10.0 Å². The van der Waals surface area contributed by atoms with E-state index in [0.29, 0.717) is 11.4 Å². The molecule has 0 aromatic heterocycles.